The maximum atomic E-state index is 12.3. The average Bonchev–Trinajstić information content (AvgIpc) is 2.94. The van der Waals surface area contributed by atoms with Gasteiger partial charge in [-0.05, 0) is 58.1 Å². The second-order valence-corrected chi connectivity index (χ2v) is 8.29. The Kier molecular flexibility index (Phi) is 5.37. The fraction of sp³-hybridized carbons (Fsp3) is 0.238. The van der Waals surface area contributed by atoms with E-state index in [4.69, 9.17) is 0 Å². The third-order valence-corrected chi connectivity index (χ3v) is 5.25. The molecular weight excluding hydrogens is 404 g/mol. The minimum atomic E-state index is -0.284. The van der Waals surface area contributed by atoms with Gasteiger partial charge in [0.05, 0.1) is 4.47 Å². The van der Waals surface area contributed by atoms with E-state index in [0.717, 1.165) is 27.1 Å². The summed E-state index contributed by atoms with van der Waals surface area (Å²) in [5.74, 6) is 0. The molecule has 5 nitrogen and oxygen atoms in total. The maximum Gasteiger partial charge on any atom is 0.323 e. The number of nitrogens with zero attached hydrogens (tertiary/aromatic N) is 1. The van der Waals surface area contributed by atoms with E-state index >= 15 is 0 Å². The highest BCUT2D eigenvalue weighted by atomic mass is 79.9. The Morgan fingerprint density at radius 1 is 1.04 bits per heavy atom. The van der Waals surface area contributed by atoms with Crippen molar-refractivity contribution in [3.8, 4) is 11.3 Å². The summed E-state index contributed by atoms with van der Waals surface area (Å²) >= 11 is 3.53. The molecule has 0 saturated heterocycles. The molecule has 3 N–H and O–H groups in total. The summed E-state index contributed by atoms with van der Waals surface area (Å²) in [6.07, 6.45) is 0. The lowest BCUT2D eigenvalue weighted by atomic mass is 9.87. The van der Waals surface area contributed by atoms with E-state index in [9.17, 15) is 4.79 Å². The van der Waals surface area contributed by atoms with E-state index in [1.807, 2.05) is 55.5 Å². The van der Waals surface area contributed by atoms with Gasteiger partial charge in [0.15, 0.2) is 0 Å². The van der Waals surface area contributed by atoms with Crippen molar-refractivity contribution < 1.29 is 4.79 Å². The Morgan fingerprint density at radius 3 is 2.30 bits per heavy atom. The zero-order valence-electron chi connectivity index (χ0n) is 15.9. The number of hydrogen-bond acceptors (Lipinski definition) is 2. The van der Waals surface area contributed by atoms with Gasteiger partial charge in [0.1, 0.15) is 5.69 Å². The number of anilines is 2. The molecule has 0 spiro atoms. The van der Waals surface area contributed by atoms with Crippen LogP contribution < -0.4 is 10.6 Å². The highest BCUT2D eigenvalue weighted by Gasteiger charge is 2.14. The highest BCUT2D eigenvalue weighted by Crippen LogP contribution is 2.30. The van der Waals surface area contributed by atoms with Crippen LogP contribution in [-0.2, 0) is 5.41 Å². The summed E-state index contributed by atoms with van der Waals surface area (Å²) in [5.41, 5.74) is 5.44. The molecule has 0 radical (unpaired) electrons. The van der Waals surface area contributed by atoms with Crippen molar-refractivity contribution in [2.75, 3.05) is 10.6 Å². The Labute approximate surface area is 167 Å². The van der Waals surface area contributed by atoms with Crippen LogP contribution in [0.5, 0.6) is 0 Å². The largest absolute Gasteiger partial charge is 0.323 e. The number of nitrogens with one attached hydrogen (secondary N) is 3. The molecule has 0 fully saturated rings. The first-order valence-corrected chi connectivity index (χ1v) is 9.53. The van der Waals surface area contributed by atoms with Gasteiger partial charge < -0.3 is 10.6 Å². The van der Waals surface area contributed by atoms with Crippen LogP contribution in [0.15, 0.2) is 53.0 Å². The summed E-state index contributed by atoms with van der Waals surface area (Å²) in [5, 5.41) is 13.0. The third-order valence-electron chi connectivity index (χ3n) is 4.28. The summed E-state index contributed by atoms with van der Waals surface area (Å²) in [6, 6.07) is 15.2. The molecule has 1 aromatic heterocycles. The lowest BCUT2D eigenvalue weighted by molar-refractivity contribution is 0.262. The molecule has 3 aromatic rings. The quantitative estimate of drug-likeness (QED) is 0.474. The number of aryl methyl sites for hydroxylation is 1. The van der Waals surface area contributed by atoms with Gasteiger partial charge in [0.25, 0.3) is 0 Å². The third kappa shape index (κ3) is 4.57. The molecule has 140 valence electrons. The van der Waals surface area contributed by atoms with Crippen LogP contribution in [0.3, 0.4) is 0 Å². The van der Waals surface area contributed by atoms with Crippen LogP contribution in [-0.4, -0.2) is 16.2 Å². The topological polar surface area (TPSA) is 69.8 Å². The van der Waals surface area contributed by atoms with Gasteiger partial charge >= 0.3 is 6.03 Å². The number of carbonyl (C=O) groups excluding carboxylic acids is 1. The van der Waals surface area contributed by atoms with Gasteiger partial charge in [-0.15, -0.1) is 0 Å². The molecule has 27 heavy (non-hydrogen) atoms. The van der Waals surface area contributed by atoms with Gasteiger partial charge in [-0.1, -0.05) is 45.0 Å². The van der Waals surface area contributed by atoms with E-state index in [1.165, 1.54) is 5.56 Å². The Bertz CT molecular complexity index is 955. The van der Waals surface area contributed by atoms with Crippen molar-refractivity contribution in [3.63, 3.8) is 0 Å². The number of hydrogen-bond donors (Lipinski definition) is 3. The zero-order valence-corrected chi connectivity index (χ0v) is 17.4. The van der Waals surface area contributed by atoms with Crippen molar-refractivity contribution in [3.05, 3.63) is 64.3 Å². The Morgan fingerprint density at radius 2 is 1.70 bits per heavy atom. The first-order chi connectivity index (χ1) is 12.7. The predicted octanol–water partition coefficient (Wildman–Crippen LogP) is 6.09. The lowest BCUT2D eigenvalue weighted by Crippen LogP contribution is -2.19. The monoisotopic (exact) mass is 426 g/mol. The minimum absolute atomic E-state index is 0.0835. The van der Waals surface area contributed by atoms with Gasteiger partial charge in [0, 0.05) is 22.6 Å². The Balaban J connectivity index is 1.69. The van der Waals surface area contributed by atoms with Crippen molar-refractivity contribution in [1.82, 2.24) is 10.2 Å². The lowest BCUT2D eigenvalue weighted by Gasteiger charge is -2.19. The van der Waals surface area contributed by atoms with E-state index in [2.05, 4.69) is 57.5 Å². The van der Waals surface area contributed by atoms with Crippen molar-refractivity contribution in [2.45, 2.75) is 33.1 Å². The van der Waals surface area contributed by atoms with Crippen LogP contribution in [0.25, 0.3) is 11.3 Å². The number of halogens is 1. The van der Waals surface area contributed by atoms with Gasteiger partial charge in [-0.25, -0.2) is 4.79 Å². The van der Waals surface area contributed by atoms with E-state index in [-0.39, 0.29) is 11.4 Å². The molecule has 0 aliphatic carbocycles. The van der Waals surface area contributed by atoms with Gasteiger partial charge in [-0.3, -0.25) is 5.10 Å². The van der Waals surface area contributed by atoms with E-state index < -0.39 is 0 Å². The van der Waals surface area contributed by atoms with Crippen LogP contribution >= 0.6 is 15.9 Å². The highest BCUT2D eigenvalue weighted by molar-refractivity contribution is 9.10. The van der Waals surface area contributed by atoms with Crippen LogP contribution in [0, 0.1) is 6.92 Å². The first kappa shape index (κ1) is 19.2. The van der Waals surface area contributed by atoms with Gasteiger partial charge in [0.2, 0.25) is 0 Å². The molecule has 0 unspecified atom stereocenters. The molecule has 6 heteroatoms. The first-order valence-electron chi connectivity index (χ1n) is 8.73. The minimum Gasteiger partial charge on any atom is -0.308 e. The smallest absolute Gasteiger partial charge is 0.308 e. The zero-order chi connectivity index (χ0) is 19.6. The number of amides is 2. The maximum absolute atomic E-state index is 12.3. The standard InChI is InChI=1S/C21H23BrN4O/c1-13-18(22)19(26-25-13)14-6-5-7-17(12-14)24-20(27)23-16-10-8-15(9-11-16)21(2,3)4/h5-12H,1-4H3,(H,25,26)(H2,23,24,27). The van der Waals surface area contributed by atoms with Crippen LogP contribution in [0.2, 0.25) is 0 Å². The van der Waals surface area contributed by atoms with E-state index in [1.54, 1.807) is 0 Å². The summed E-state index contributed by atoms with van der Waals surface area (Å²) in [6.45, 7) is 8.43. The molecule has 0 aliphatic rings. The second-order valence-electron chi connectivity index (χ2n) is 7.50. The normalized spacial score (nSPS) is 11.3. The number of rotatable bonds is 3. The number of H-pyrrole nitrogens is 1. The SMILES string of the molecule is Cc1[nH]nc(-c2cccc(NC(=O)Nc3ccc(C(C)(C)C)cc3)c2)c1Br. The van der Waals surface area contributed by atoms with Crippen molar-refractivity contribution >= 4 is 33.3 Å². The number of aromatic nitrogens is 2. The molecule has 3 rings (SSSR count). The molecule has 0 atom stereocenters. The molecule has 1 heterocycles. The fourth-order valence-electron chi connectivity index (χ4n) is 2.70. The van der Waals surface area contributed by atoms with Crippen LogP contribution in [0.4, 0.5) is 16.2 Å². The number of urea groups is 1. The number of carbonyl (C=O) groups is 1. The fourth-order valence-corrected chi connectivity index (χ4v) is 3.10. The molecule has 0 bridgehead atoms. The van der Waals surface area contributed by atoms with Crippen molar-refractivity contribution in [2.24, 2.45) is 0 Å². The summed E-state index contributed by atoms with van der Waals surface area (Å²) < 4.78 is 0.919. The number of benzene rings is 2. The van der Waals surface area contributed by atoms with E-state index in [0.29, 0.717) is 5.69 Å². The molecule has 0 saturated carbocycles. The van der Waals surface area contributed by atoms with Crippen LogP contribution in [0.1, 0.15) is 32.0 Å². The molecule has 2 amide bonds. The van der Waals surface area contributed by atoms with Gasteiger partial charge in [-0.2, -0.15) is 5.10 Å². The summed E-state index contributed by atoms with van der Waals surface area (Å²) in [4.78, 5) is 12.3. The molecule has 2 aromatic carbocycles. The molecule has 0 aliphatic heterocycles. The second kappa shape index (κ2) is 7.56. The Hall–Kier alpha value is -2.60. The molecular formula is C21H23BrN4O. The summed E-state index contributed by atoms with van der Waals surface area (Å²) in [7, 11) is 0. The van der Waals surface area contributed by atoms with Crippen molar-refractivity contribution in [1.29, 1.82) is 0 Å². The predicted molar refractivity (Wildman–Crippen MR) is 114 cm³/mol. The average molecular weight is 427 g/mol. The number of aromatic amines is 1.